The van der Waals surface area contributed by atoms with E-state index in [2.05, 4.69) is 37.7 Å². The van der Waals surface area contributed by atoms with Crippen molar-refractivity contribution in [2.75, 3.05) is 18.5 Å². The van der Waals surface area contributed by atoms with Crippen molar-refractivity contribution in [1.82, 2.24) is 4.72 Å². The quantitative estimate of drug-likeness (QED) is 0.873. The summed E-state index contributed by atoms with van der Waals surface area (Å²) < 4.78 is 34.0. The SMILES string of the molecule is CC(C)CNc1cccc2c1S(=O)(=O)N[C@@H](CC(C)C)CO2. The lowest BCUT2D eigenvalue weighted by Crippen LogP contribution is -2.37. The lowest BCUT2D eigenvalue weighted by Gasteiger charge is -2.17. The summed E-state index contributed by atoms with van der Waals surface area (Å²) in [6.45, 7) is 9.37. The molecular formula is C16H26N2O3S. The van der Waals surface area contributed by atoms with Crippen LogP contribution < -0.4 is 14.8 Å². The van der Waals surface area contributed by atoms with Crippen molar-refractivity contribution in [2.45, 2.75) is 45.1 Å². The molecule has 22 heavy (non-hydrogen) atoms. The Morgan fingerprint density at radius 2 is 2.00 bits per heavy atom. The van der Waals surface area contributed by atoms with E-state index in [1.807, 2.05) is 6.07 Å². The highest BCUT2D eigenvalue weighted by Crippen LogP contribution is 2.34. The summed E-state index contributed by atoms with van der Waals surface area (Å²) in [5.74, 6) is 1.25. The molecule has 0 spiro atoms. The molecule has 124 valence electrons. The maximum atomic E-state index is 12.7. The van der Waals surface area contributed by atoms with Crippen LogP contribution in [0.5, 0.6) is 5.75 Å². The third-order valence-corrected chi connectivity index (χ3v) is 5.07. The Labute approximate surface area is 133 Å². The van der Waals surface area contributed by atoms with Gasteiger partial charge in [0.15, 0.2) is 0 Å². The Morgan fingerprint density at radius 3 is 2.64 bits per heavy atom. The lowest BCUT2D eigenvalue weighted by atomic mass is 10.1. The average Bonchev–Trinajstić information content (AvgIpc) is 2.53. The zero-order chi connectivity index (χ0) is 16.3. The van der Waals surface area contributed by atoms with Crippen molar-refractivity contribution in [3.63, 3.8) is 0 Å². The first-order valence-corrected chi connectivity index (χ1v) is 9.30. The summed E-state index contributed by atoms with van der Waals surface area (Å²) in [5.41, 5.74) is 0.601. The van der Waals surface area contributed by atoms with Gasteiger partial charge in [-0.1, -0.05) is 33.8 Å². The number of ether oxygens (including phenoxy) is 1. The first-order chi connectivity index (χ1) is 10.3. The van der Waals surface area contributed by atoms with Crippen LogP contribution in [0, 0.1) is 11.8 Å². The Bertz CT molecular complexity index is 612. The number of hydrogen-bond acceptors (Lipinski definition) is 4. The van der Waals surface area contributed by atoms with E-state index < -0.39 is 10.0 Å². The topological polar surface area (TPSA) is 67.4 Å². The number of benzene rings is 1. The molecule has 1 aliphatic heterocycles. The van der Waals surface area contributed by atoms with Crippen LogP contribution >= 0.6 is 0 Å². The second-order valence-corrected chi connectivity index (χ2v) is 8.32. The van der Waals surface area contributed by atoms with Gasteiger partial charge in [0.1, 0.15) is 17.3 Å². The van der Waals surface area contributed by atoms with Crippen molar-refractivity contribution in [3.8, 4) is 5.75 Å². The highest BCUT2D eigenvalue weighted by Gasteiger charge is 2.31. The maximum absolute atomic E-state index is 12.7. The van der Waals surface area contributed by atoms with Crippen LogP contribution in [0.3, 0.4) is 0 Å². The zero-order valence-electron chi connectivity index (χ0n) is 13.7. The van der Waals surface area contributed by atoms with Crippen LogP contribution in [0.15, 0.2) is 23.1 Å². The van der Waals surface area contributed by atoms with Gasteiger partial charge in [0.05, 0.1) is 11.7 Å². The van der Waals surface area contributed by atoms with Gasteiger partial charge >= 0.3 is 0 Å². The molecule has 1 heterocycles. The van der Waals surface area contributed by atoms with Crippen molar-refractivity contribution >= 4 is 15.7 Å². The van der Waals surface area contributed by atoms with Crippen LogP contribution in [-0.2, 0) is 10.0 Å². The monoisotopic (exact) mass is 326 g/mol. The first-order valence-electron chi connectivity index (χ1n) is 7.81. The standard InChI is InChI=1S/C16H26N2O3S/c1-11(2)8-13-10-21-15-7-5-6-14(17-9-12(3)4)16(15)22(19,20)18-13/h5-7,11-13,17-18H,8-10H2,1-4H3/t13-/m0/s1. The first kappa shape index (κ1) is 17.1. The molecule has 0 fully saturated rings. The molecule has 0 aromatic heterocycles. The van der Waals surface area contributed by atoms with Crippen LogP contribution in [0.25, 0.3) is 0 Å². The minimum Gasteiger partial charge on any atom is -0.490 e. The zero-order valence-corrected chi connectivity index (χ0v) is 14.5. The summed E-state index contributed by atoms with van der Waals surface area (Å²) in [6.07, 6.45) is 0.752. The fourth-order valence-corrected chi connectivity index (χ4v) is 4.09. The molecule has 0 aliphatic carbocycles. The summed E-state index contributed by atoms with van der Waals surface area (Å²) in [4.78, 5) is 0.224. The van der Waals surface area contributed by atoms with Crippen molar-refractivity contribution in [2.24, 2.45) is 11.8 Å². The Balaban J connectivity index is 2.34. The summed E-state index contributed by atoms with van der Waals surface area (Å²) >= 11 is 0. The van der Waals surface area contributed by atoms with Gasteiger partial charge in [-0.05, 0) is 30.4 Å². The van der Waals surface area contributed by atoms with Gasteiger partial charge in [0, 0.05) is 6.54 Å². The highest BCUT2D eigenvalue weighted by molar-refractivity contribution is 7.89. The Hall–Kier alpha value is -1.27. The van der Waals surface area contributed by atoms with Crippen molar-refractivity contribution in [3.05, 3.63) is 18.2 Å². The summed E-state index contributed by atoms with van der Waals surface area (Å²) in [6, 6.07) is 5.12. The van der Waals surface area contributed by atoms with Crippen LogP contribution in [0.1, 0.15) is 34.1 Å². The number of rotatable bonds is 5. The van der Waals surface area contributed by atoms with E-state index in [1.54, 1.807) is 12.1 Å². The van der Waals surface area contributed by atoms with Gasteiger partial charge in [0.25, 0.3) is 0 Å². The summed E-state index contributed by atoms with van der Waals surface area (Å²) in [5, 5.41) is 3.21. The number of fused-ring (bicyclic) bond motifs is 1. The lowest BCUT2D eigenvalue weighted by molar-refractivity contribution is 0.262. The van der Waals surface area contributed by atoms with Crippen LogP contribution in [-0.4, -0.2) is 27.6 Å². The third-order valence-electron chi connectivity index (χ3n) is 3.47. The normalized spacial score (nSPS) is 20.4. The average molecular weight is 326 g/mol. The molecule has 0 radical (unpaired) electrons. The van der Waals surface area contributed by atoms with E-state index >= 15 is 0 Å². The van der Waals surface area contributed by atoms with Gasteiger partial charge < -0.3 is 10.1 Å². The van der Waals surface area contributed by atoms with E-state index in [0.29, 0.717) is 36.4 Å². The number of anilines is 1. The molecule has 0 bridgehead atoms. The molecule has 0 unspecified atom stereocenters. The molecule has 0 saturated heterocycles. The number of hydrogen-bond donors (Lipinski definition) is 2. The molecule has 5 nitrogen and oxygen atoms in total. The maximum Gasteiger partial charge on any atom is 0.246 e. The smallest absolute Gasteiger partial charge is 0.246 e. The molecular weight excluding hydrogens is 300 g/mol. The van der Waals surface area contributed by atoms with E-state index in [1.165, 1.54) is 0 Å². The van der Waals surface area contributed by atoms with Gasteiger partial charge in [0.2, 0.25) is 10.0 Å². The van der Waals surface area contributed by atoms with Crippen molar-refractivity contribution in [1.29, 1.82) is 0 Å². The van der Waals surface area contributed by atoms with Gasteiger partial charge in [-0.25, -0.2) is 13.1 Å². The highest BCUT2D eigenvalue weighted by atomic mass is 32.2. The fraction of sp³-hybridized carbons (Fsp3) is 0.625. The van der Waals surface area contributed by atoms with E-state index in [0.717, 1.165) is 6.42 Å². The van der Waals surface area contributed by atoms with E-state index in [4.69, 9.17) is 4.74 Å². The molecule has 6 heteroatoms. The fourth-order valence-electron chi connectivity index (χ4n) is 2.55. The van der Waals surface area contributed by atoms with Crippen molar-refractivity contribution < 1.29 is 13.2 Å². The molecule has 1 atom stereocenters. The minimum absolute atomic E-state index is 0.199. The van der Waals surface area contributed by atoms with Gasteiger partial charge in [-0.15, -0.1) is 0 Å². The molecule has 0 amide bonds. The van der Waals surface area contributed by atoms with E-state index in [9.17, 15) is 8.42 Å². The molecule has 0 saturated carbocycles. The molecule has 1 aliphatic rings. The Kier molecular flexibility index (Phi) is 5.34. The molecule has 2 rings (SSSR count). The predicted octanol–water partition coefficient (Wildman–Crippen LogP) is 2.84. The van der Waals surface area contributed by atoms with Crippen LogP contribution in [0.4, 0.5) is 5.69 Å². The second kappa shape index (κ2) is 6.87. The number of sulfonamides is 1. The number of nitrogens with one attached hydrogen (secondary N) is 2. The predicted molar refractivity (Wildman–Crippen MR) is 88.8 cm³/mol. The largest absolute Gasteiger partial charge is 0.490 e. The second-order valence-electron chi connectivity index (χ2n) is 6.67. The van der Waals surface area contributed by atoms with Gasteiger partial charge in [-0.2, -0.15) is 0 Å². The molecule has 1 aromatic carbocycles. The Morgan fingerprint density at radius 1 is 1.27 bits per heavy atom. The summed E-state index contributed by atoms with van der Waals surface area (Å²) in [7, 11) is -3.59. The van der Waals surface area contributed by atoms with E-state index in [-0.39, 0.29) is 10.9 Å². The molecule has 2 N–H and O–H groups in total. The van der Waals surface area contributed by atoms with Crippen LogP contribution in [0.2, 0.25) is 0 Å². The third kappa shape index (κ3) is 4.14. The van der Waals surface area contributed by atoms with Gasteiger partial charge in [-0.3, -0.25) is 0 Å². The molecule has 1 aromatic rings. The minimum atomic E-state index is -3.59.